The van der Waals surface area contributed by atoms with Gasteiger partial charge < -0.3 is 10.1 Å². The van der Waals surface area contributed by atoms with Gasteiger partial charge in [-0.3, -0.25) is 0 Å². The van der Waals surface area contributed by atoms with E-state index in [2.05, 4.69) is 17.4 Å². The number of rotatable bonds is 5. The summed E-state index contributed by atoms with van der Waals surface area (Å²) >= 11 is 0. The van der Waals surface area contributed by atoms with Crippen molar-refractivity contribution in [3.05, 3.63) is 47.5 Å². The SMILES string of the molecule is C/C=C(\CNCc1ccccc1)C(=O)OC(C)(C)C. The minimum atomic E-state index is -0.454. The Morgan fingerprint density at radius 2 is 1.89 bits per heavy atom. The number of allylic oxidation sites excluding steroid dienone is 1. The van der Waals surface area contributed by atoms with E-state index in [1.54, 1.807) is 6.08 Å². The van der Waals surface area contributed by atoms with Crippen LogP contribution in [0.3, 0.4) is 0 Å². The van der Waals surface area contributed by atoms with Crippen LogP contribution >= 0.6 is 0 Å². The number of ether oxygens (including phenoxy) is 1. The molecule has 0 amide bonds. The van der Waals surface area contributed by atoms with Crippen LogP contribution in [-0.2, 0) is 16.1 Å². The number of nitrogens with one attached hydrogen (secondary N) is 1. The summed E-state index contributed by atoms with van der Waals surface area (Å²) in [5.41, 5.74) is 1.40. The summed E-state index contributed by atoms with van der Waals surface area (Å²) < 4.78 is 5.35. The molecule has 1 aromatic rings. The largest absolute Gasteiger partial charge is 0.457 e. The van der Waals surface area contributed by atoms with E-state index >= 15 is 0 Å². The summed E-state index contributed by atoms with van der Waals surface area (Å²) in [4.78, 5) is 11.9. The Hall–Kier alpha value is -1.61. The Bertz CT molecular complexity index is 430. The molecule has 104 valence electrons. The average molecular weight is 261 g/mol. The first-order valence-corrected chi connectivity index (χ1v) is 6.55. The standard InChI is InChI=1S/C16H23NO2/c1-5-14(15(18)19-16(2,3)4)12-17-11-13-9-7-6-8-10-13/h5-10,17H,11-12H2,1-4H3/b14-5+. The van der Waals surface area contributed by atoms with Crippen LogP contribution in [0.25, 0.3) is 0 Å². The van der Waals surface area contributed by atoms with Gasteiger partial charge in [0.05, 0.1) is 0 Å². The number of esters is 1. The molecule has 0 saturated heterocycles. The van der Waals surface area contributed by atoms with Crippen molar-refractivity contribution < 1.29 is 9.53 Å². The maximum atomic E-state index is 11.9. The van der Waals surface area contributed by atoms with Crippen LogP contribution in [0.4, 0.5) is 0 Å². The first-order chi connectivity index (χ1) is 8.92. The fourth-order valence-electron chi connectivity index (χ4n) is 1.57. The van der Waals surface area contributed by atoms with E-state index in [1.165, 1.54) is 5.56 Å². The van der Waals surface area contributed by atoms with Gasteiger partial charge in [-0.2, -0.15) is 0 Å². The molecular formula is C16H23NO2. The summed E-state index contributed by atoms with van der Waals surface area (Å²) in [5.74, 6) is -0.254. The van der Waals surface area contributed by atoms with Crippen LogP contribution in [0.2, 0.25) is 0 Å². The van der Waals surface area contributed by atoms with Crippen LogP contribution < -0.4 is 5.32 Å². The molecule has 0 fully saturated rings. The molecule has 0 spiro atoms. The monoisotopic (exact) mass is 261 g/mol. The smallest absolute Gasteiger partial charge is 0.335 e. The first kappa shape index (κ1) is 15.4. The Balaban J connectivity index is 2.44. The molecule has 0 bridgehead atoms. The van der Waals surface area contributed by atoms with Gasteiger partial charge in [-0.15, -0.1) is 0 Å². The molecular weight excluding hydrogens is 238 g/mol. The third kappa shape index (κ3) is 6.20. The highest BCUT2D eigenvalue weighted by Gasteiger charge is 2.18. The molecule has 0 aliphatic carbocycles. The van der Waals surface area contributed by atoms with E-state index in [4.69, 9.17) is 4.74 Å². The number of carbonyl (C=O) groups excluding carboxylic acids is 1. The minimum absolute atomic E-state index is 0.254. The lowest BCUT2D eigenvalue weighted by Crippen LogP contribution is -2.28. The molecule has 1 N–H and O–H groups in total. The van der Waals surface area contributed by atoms with E-state index < -0.39 is 5.60 Å². The zero-order chi connectivity index (χ0) is 14.3. The van der Waals surface area contributed by atoms with Crippen LogP contribution in [0.1, 0.15) is 33.3 Å². The molecule has 0 saturated carbocycles. The summed E-state index contributed by atoms with van der Waals surface area (Å²) in [6.07, 6.45) is 1.80. The minimum Gasteiger partial charge on any atom is -0.457 e. The molecule has 0 heterocycles. The van der Waals surface area contributed by atoms with E-state index in [-0.39, 0.29) is 5.97 Å². The van der Waals surface area contributed by atoms with Crippen molar-refractivity contribution >= 4 is 5.97 Å². The molecule has 0 unspecified atom stereocenters. The topological polar surface area (TPSA) is 38.3 Å². The molecule has 3 heteroatoms. The summed E-state index contributed by atoms with van der Waals surface area (Å²) in [7, 11) is 0. The summed E-state index contributed by atoms with van der Waals surface area (Å²) in [5, 5.41) is 3.25. The number of hydrogen-bond donors (Lipinski definition) is 1. The number of carbonyl (C=O) groups is 1. The van der Waals surface area contributed by atoms with Crippen LogP contribution in [0.15, 0.2) is 42.0 Å². The Kier molecular flexibility index (Phi) is 5.77. The molecule has 3 nitrogen and oxygen atoms in total. The Morgan fingerprint density at radius 1 is 1.26 bits per heavy atom. The van der Waals surface area contributed by atoms with Crippen molar-refractivity contribution in [2.45, 2.75) is 39.8 Å². The number of hydrogen-bond acceptors (Lipinski definition) is 3. The van der Waals surface area contributed by atoms with Gasteiger partial charge >= 0.3 is 5.97 Å². The molecule has 19 heavy (non-hydrogen) atoms. The second-order valence-electron chi connectivity index (χ2n) is 5.40. The lowest BCUT2D eigenvalue weighted by molar-refractivity contribution is -0.149. The lowest BCUT2D eigenvalue weighted by atomic mass is 10.1. The maximum Gasteiger partial charge on any atom is 0.335 e. The quantitative estimate of drug-likeness (QED) is 0.654. The van der Waals surface area contributed by atoms with Gasteiger partial charge in [0, 0.05) is 18.7 Å². The van der Waals surface area contributed by atoms with Crippen molar-refractivity contribution in [2.75, 3.05) is 6.54 Å². The van der Waals surface area contributed by atoms with E-state index in [9.17, 15) is 4.79 Å². The summed E-state index contributed by atoms with van der Waals surface area (Å²) in [6, 6.07) is 10.1. The highest BCUT2D eigenvalue weighted by Crippen LogP contribution is 2.10. The third-order valence-corrected chi connectivity index (χ3v) is 2.50. The van der Waals surface area contributed by atoms with Crippen molar-refractivity contribution in [3.63, 3.8) is 0 Å². The van der Waals surface area contributed by atoms with E-state index in [0.29, 0.717) is 12.1 Å². The normalized spacial score (nSPS) is 12.3. The predicted octanol–water partition coefficient (Wildman–Crippen LogP) is 3.06. The van der Waals surface area contributed by atoms with Crippen LogP contribution in [0.5, 0.6) is 0 Å². The Morgan fingerprint density at radius 3 is 2.42 bits per heavy atom. The molecule has 0 radical (unpaired) electrons. The zero-order valence-corrected chi connectivity index (χ0v) is 12.2. The first-order valence-electron chi connectivity index (χ1n) is 6.55. The van der Waals surface area contributed by atoms with Crippen LogP contribution in [0, 0.1) is 0 Å². The molecule has 1 aromatic carbocycles. The van der Waals surface area contributed by atoms with Gasteiger partial charge in [-0.25, -0.2) is 4.79 Å². The molecule has 1 rings (SSSR count). The Labute approximate surface area is 115 Å². The van der Waals surface area contributed by atoms with Crippen LogP contribution in [-0.4, -0.2) is 18.1 Å². The van der Waals surface area contributed by atoms with Crippen molar-refractivity contribution in [3.8, 4) is 0 Å². The van der Waals surface area contributed by atoms with Gasteiger partial charge in [0.1, 0.15) is 5.60 Å². The third-order valence-electron chi connectivity index (χ3n) is 2.50. The second kappa shape index (κ2) is 7.10. The molecule has 0 atom stereocenters. The maximum absolute atomic E-state index is 11.9. The zero-order valence-electron chi connectivity index (χ0n) is 12.2. The number of benzene rings is 1. The fourth-order valence-corrected chi connectivity index (χ4v) is 1.57. The van der Waals surface area contributed by atoms with Crippen molar-refractivity contribution in [2.24, 2.45) is 0 Å². The van der Waals surface area contributed by atoms with Gasteiger partial charge in [-0.1, -0.05) is 36.4 Å². The average Bonchev–Trinajstić information content (AvgIpc) is 2.33. The molecule has 0 aliphatic heterocycles. The van der Waals surface area contributed by atoms with Crippen molar-refractivity contribution in [1.29, 1.82) is 0 Å². The summed E-state index contributed by atoms with van der Waals surface area (Å²) in [6.45, 7) is 8.71. The highest BCUT2D eigenvalue weighted by atomic mass is 16.6. The van der Waals surface area contributed by atoms with E-state index in [1.807, 2.05) is 45.9 Å². The van der Waals surface area contributed by atoms with Gasteiger partial charge in [0.15, 0.2) is 0 Å². The lowest BCUT2D eigenvalue weighted by Gasteiger charge is -2.20. The van der Waals surface area contributed by atoms with E-state index in [0.717, 1.165) is 6.54 Å². The fraction of sp³-hybridized carbons (Fsp3) is 0.438. The second-order valence-corrected chi connectivity index (χ2v) is 5.40. The van der Waals surface area contributed by atoms with Gasteiger partial charge in [-0.05, 0) is 33.3 Å². The predicted molar refractivity (Wildman–Crippen MR) is 77.8 cm³/mol. The van der Waals surface area contributed by atoms with Gasteiger partial charge in [0.2, 0.25) is 0 Å². The molecule has 0 aliphatic rings. The van der Waals surface area contributed by atoms with Crippen molar-refractivity contribution in [1.82, 2.24) is 5.32 Å². The van der Waals surface area contributed by atoms with Gasteiger partial charge in [0.25, 0.3) is 0 Å². The molecule has 0 aromatic heterocycles. The highest BCUT2D eigenvalue weighted by molar-refractivity contribution is 5.89.